The summed E-state index contributed by atoms with van der Waals surface area (Å²) in [6.07, 6.45) is 0. The molecule has 9 aromatic carbocycles. The fourth-order valence-corrected chi connectivity index (χ4v) is 7.86. The van der Waals surface area contributed by atoms with Crippen molar-refractivity contribution in [1.82, 2.24) is 4.57 Å². The summed E-state index contributed by atoms with van der Waals surface area (Å²) in [7, 11) is 0. The molecule has 0 atom stereocenters. The van der Waals surface area contributed by atoms with Gasteiger partial charge in [-0.2, -0.15) is 0 Å². The highest BCUT2D eigenvalue weighted by molar-refractivity contribution is 6.10. The van der Waals surface area contributed by atoms with E-state index in [1.165, 1.54) is 71.6 Å². The molecule has 0 N–H and O–H groups in total. The molecule has 0 saturated heterocycles. The molecule has 2 nitrogen and oxygen atoms in total. The molecule has 0 fully saturated rings. The van der Waals surface area contributed by atoms with Crippen molar-refractivity contribution in [3.8, 4) is 39.1 Å². The third-order valence-electron chi connectivity index (χ3n) is 10.6. The molecule has 0 spiro atoms. The van der Waals surface area contributed by atoms with Gasteiger partial charge in [-0.1, -0.05) is 146 Å². The van der Waals surface area contributed by atoms with Crippen LogP contribution < -0.4 is 4.90 Å². The summed E-state index contributed by atoms with van der Waals surface area (Å²) in [4.78, 5) is 2.33. The molecule has 0 unspecified atom stereocenters. The van der Waals surface area contributed by atoms with E-state index in [1.54, 1.807) is 0 Å². The highest BCUT2D eigenvalue weighted by Crippen LogP contribution is 2.39. The van der Waals surface area contributed by atoms with Crippen molar-refractivity contribution >= 4 is 49.6 Å². The molecule has 0 amide bonds. The summed E-state index contributed by atoms with van der Waals surface area (Å²) in [6.45, 7) is 0. The lowest BCUT2D eigenvalue weighted by molar-refractivity contribution is 1.18. The van der Waals surface area contributed by atoms with E-state index >= 15 is 0 Å². The van der Waals surface area contributed by atoms with Gasteiger partial charge >= 0.3 is 0 Å². The summed E-state index contributed by atoms with van der Waals surface area (Å²) in [5.74, 6) is 0. The lowest BCUT2D eigenvalue weighted by atomic mass is 9.98. The van der Waals surface area contributed by atoms with Gasteiger partial charge in [0.2, 0.25) is 0 Å². The Kier molecular flexibility index (Phi) is 7.85. The van der Waals surface area contributed by atoms with Gasteiger partial charge < -0.3 is 9.47 Å². The van der Waals surface area contributed by atoms with Crippen molar-refractivity contribution in [3.05, 3.63) is 218 Å². The second-order valence-corrected chi connectivity index (χ2v) is 13.8. The minimum absolute atomic E-state index is 1.11. The van der Waals surface area contributed by atoms with Crippen LogP contribution in [0.25, 0.3) is 71.6 Å². The first kappa shape index (κ1) is 31.6. The van der Waals surface area contributed by atoms with Crippen LogP contribution >= 0.6 is 0 Å². The zero-order chi connectivity index (χ0) is 35.8. The fraction of sp³-hybridized carbons (Fsp3) is 0. The molecule has 10 rings (SSSR count). The van der Waals surface area contributed by atoms with E-state index < -0.39 is 0 Å². The van der Waals surface area contributed by atoms with Crippen molar-refractivity contribution in [3.63, 3.8) is 0 Å². The number of nitrogens with zero attached hydrogens (tertiary/aromatic N) is 2. The second-order valence-electron chi connectivity index (χ2n) is 13.8. The normalized spacial score (nSPS) is 11.3. The predicted octanol–water partition coefficient (Wildman–Crippen LogP) is 14.4. The van der Waals surface area contributed by atoms with Crippen molar-refractivity contribution in [2.24, 2.45) is 0 Å². The second kappa shape index (κ2) is 13.4. The molecular formula is C52H36N2. The third-order valence-corrected chi connectivity index (χ3v) is 10.6. The van der Waals surface area contributed by atoms with Crippen LogP contribution in [0.3, 0.4) is 0 Å². The summed E-state index contributed by atoms with van der Waals surface area (Å²) in [5.41, 5.74) is 14.2. The number of hydrogen-bond donors (Lipinski definition) is 0. The Bertz CT molecular complexity index is 2890. The average molecular weight is 689 g/mol. The number of aromatic nitrogens is 1. The van der Waals surface area contributed by atoms with Crippen LogP contribution in [0.4, 0.5) is 17.1 Å². The Balaban J connectivity index is 0.955. The van der Waals surface area contributed by atoms with Crippen molar-refractivity contribution in [2.45, 2.75) is 0 Å². The van der Waals surface area contributed by atoms with Crippen LogP contribution in [0, 0.1) is 0 Å². The monoisotopic (exact) mass is 688 g/mol. The van der Waals surface area contributed by atoms with Gasteiger partial charge in [0, 0.05) is 33.5 Å². The molecule has 0 aliphatic carbocycles. The van der Waals surface area contributed by atoms with E-state index in [9.17, 15) is 0 Å². The maximum atomic E-state index is 2.36. The van der Waals surface area contributed by atoms with Gasteiger partial charge in [-0.05, 0) is 117 Å². The maximum Gasteiger partial charge on any atom is 0.0541 e. The number of rotatable bonds is 7. The molecule has 1 aromatic heterocycles. The van der Waals surface area contributed by atoms with Crippen LogP contribution in [-0.2, 0) is 0 Å². The van der Waals surface area contributed by atoms with Gasteiger partial charge in [0.05, 0.1) is 11.0 Å². The van der Waals surface area contributed by atoms with E-state index in [-0.39, 0.29) is 0 Å². The lowest BCUT2D eigenvalue weighted by Crippen LogP contribution is -2.09. The minimum atomic E-state index is 1.11. The fourth-order valence-electron chi connectivity index (χ4n) is 7.86. The smallest absolute Gasteiger partial charge is 0.0541 e. The van der Waals surface area contributed by atoms with E-state index in [2.05, 4.69) is 228 Å². The van der Waals surface area contributed by atoms with Crippen molar-refractivity contribution < 1.29 is 0 Å². The number of para-hydroxylation sites is 3. The zero-order valence-electron chi connectivity index (χ0n) is 29.7. The number of fused-ring (bicyclic) bond motifs is 4. The lowest BCUT2D eigenvalue weighted by Gasteiger charge is -2.26. The first-order chi connectivity index (χ1) is 26.8. The molecule has 54 heavy (non-hydrogen) atoms. The van der Waals surface area contributed by atoms with Crippen LogP contribution in [0.2, 0.25) is 0 Å². The molecule has 0 radical (unpaired) electrons. The number of anilines is 3. The molecule has 10 aromatic rings. The van der Waals surface area contributed by atoms with Crippen LogP contribution in [-0.4, -0.2) is 4.57 Å². The summed E-state index contributed by atoms with van der Waals surface area (Å²) in [6, 6.07) is 78.8. The Morgan fingerprint density at radius 2 is 0.722 bits per heavy atom. The molecule has 0 saturated carbocycles. The van der Waals surface area contributed by atoms with Gasteiger partial charge in [0.1, 0.15) is 0 Å². The zero-order valence-corrected chi connectivity index (χ0v) is 29.7. The number of benzene rings is 9. The summed E-state index contributed by atoms with van der Waals surface area (Å²) < 4.78 is 2.36. The molecule has 254 valence electrons. The molecule has 2 heteroatoms. The molecule has 0 aliphatic rings. The molecular weight excluding hydrogens is 653 g/mol. The number of hydrogen-bond acceptors (Lipinski definition) is 1. The van der Waals surface area contributed by atoms with Gasteiger partial charge in [-0.15, -0.1) is 0 Å². The largest absolute Gasteiger partial charge is 0.311 e. The van der Waals surface area contributed by atoms with Gasteiger partial charge in [0.25, 0.3) is 0 Å². The molecule has 0 bridgehead atoms. The topological polar surface area (TPSA) is 8.17 Å². The van der Waals surface area contributed by atoms with E-state index in [0.29, 0.717) is 0 Å². The van der Waals surface area contributed by atoms with Crippen molar-refractivity contribution in [2.75, 3.05) is 4.90 Å². The third kappa shape index (κ3) is 5.71. The van der Waals surface area contributed by atoms with Crippen molar-refractivity contribution in [1.29, 1.82) is 0 Å². The Hall–Kier alpha value is -7.16. The summed E-state index contributed by atoms with van der Waals surface area (Å²) >= 11 is 0. The highest BCUT2D eigenvalue weighted by Gasteiger charge is 2.15. The Morgan fingerprint density at radius 1 is 0.278 bits per heavy atom. The van der Waals surface area contributed by atoms with Crippen LogP contribution in [0.5, 0.6) is 0 Å². The first-order valence-electron chi connectivity index (χ1n) is 18.5. The van der Waals surface area contributed by atoms with Gasteiger partial charge in [-0.3, -0.25) is 0 Å². The van der Waals surface area contributed by atoms with E-state index in [0.717, 1.165) is 17.1 Å². The first-order valence-corrected chi connectivity index (χ1v) is 18.5. The summed E-state index contributed by atoms with van der Waals surface area (Å²) in [5, 5.41) is 5.04. The highest BCUT2D eigenvalue weighted by atomic mass is 15.1. The quantitative estimate of drug-likeness (QED) is 0.162. The predicted molar refractivity (Wildman–Crippen MR) is 229 cm³/mol. The SMILES string of the molecule is c1ccc(N(c2ccc(-c3ccc(-c4ccc5ccccc5c4)cc3)cc2)c2ccc(-c3ccc4c(c3)c3ccccc3n4-c3ccccc3)cc2)cc1. The molecule has 0 aliphatic heterocycles. The van der Waals surface area contributed by atoms with E-state index in [1.807, 2.05) is 0 Å². The van der Waals surface area contributed by atoms with Crippen LogP contribution in [0.15, 0.2) is 218 Å². The van der Waals surface area contributed by atoms with Crippen LogP contribution in [0.1, 0.15) is 0 Å². The Morgan fingerprint density at radius 3 is 1.39 bits per heavy atom. The van der Waals surface area contributed by atoms with E-state index in [4.69, 9.17) is 0 Å². The molecule has 1 heterocycles. The Labute approximate surface area is 315 Å². The average Bonchev–Trinajstić information content (AvgIpc) is 3.59. The maximum absolute atomic E-state index is 2.36. The minimum Gasteiger partial charge on any atom is -0.311 e. The van der Waals surface area contributed by atoms with Gasteiger partial charge in [-0.25, -0.2) is 0 Å². The van der Waals surface area contributed by atoms with Gasteiger partial charge in [0.15, 0.2) is 0 Å². The standard InChI is InChI=1S/C52H36N2/c1-3-13-45(14-4-1)53(47-30-25-39(26-31-47)38-19-21-40(22-20-38)43-24-23-37-11-7-8-12-42(37)35-43)48-32-27-41(28-33-48)44-29-34-52-50(36-44)49-17-9-10-18-51(49)54(52)46-15-5-2-6-16-46/h1-36H.